The van der Waals surface area contributed by atoms with E-state index < -0.39 is 35.6 Å². The van der Waals surface area contributed by atoms with Gasteiger partial charge in [-0.15, -0.1) is 6.42 Å². The molecule has 1 aliphatic carbocycles. The van der Waals surface area contributed by atoms with E-state index in [1.54, 1.807) is 49.9 Å². The Bertz CT molecular complexity index is 1020. The van der Waals surface area contributed by atoms with Gasteiger partial charge in [0.2, 0.25) is 17.7 Å². The summed E-state index contributed by atoms with van der Waals surface area (Å²) in [6, 6.07) is 4.70. The number of carbonyl (C=O) groups excluding carboxylic acids is 4. The Morgan fingerprint density at radius 3 is 2.32 bits per heavy atom. The minimum Gasteiger partial charge on any atom is -0.444 e. The van der Waals surface area contributed by atoms with Gasteiger partial charge in [-0.2, -0.15) is 0 Å². The quantitative estimate of drug-likeness (QED) is 0.268. The van der Waals surface area contributed by atoms with Crippen LogP contribution in [0.3, 0.4) is 0 Å². The largest absolute Gasteiger partial charge is 0.444 e. The summed E-state index contributed by atoms with van der Waals surface area (Å²) in [4.78, 5) is 53.5. The number of ether oxygens (including phenoxy) is 1. The standard InChI is InChI=1S/C29H42N4O5/c1-7-9-10-17-31-26(35)25(21-13-11-20(8-2)12-14-21)33(23-18-19(23)3)27(36)22(15-16-24(30)34)32-28(37)38-29(4,5)6/h2,11-14,19,22-23,25H,7,9-10,15-18H2,1,3-6H3,(H2,30,34)(H,31,35)(H,32,37). The van der Waals surface area contributed by atoms with E-state index in [0.717, 1.165) is 19.3 Å². The number of primary amides is 1. The molecule has 4 atom stereocenters. The van der Waals surface area contributed by atoms with Gasteiger partial charge in [0.15, 0.2) is 0 Å². The van der Waals surface area contributed by atoms with Gasteiger partial charge in [0.05, 0.1) is 0 Å². The van der Waals surface area contributed by atoms with Gasteiger partial charge in [-0.25, -0.2) is 4.79 Å². The molecule has 4 amide bonds. The van der Waals surface area contributed by atoms with Crippen molar-refractivity contribution in [3.05, 3.63) is 35.4 Å². The number of nitrogens with one attached hydrogen (secondary N) is 2. The van der Waals surface area contributed by atoms with E-state index in [1.165, 1.54) is 0 Å². The van der Waals surface area contributed by atoms with Gasteiger partial charge in [0.1, 0.15) is 17.7 Å². The topological polar surface area (TPSA) is 131 Å². The van der Waals surface area contributed by atoms with Crippen LogP contribution in [0.2, 0.25) is 0 Å². The predicted octanol–water partition coefficient (Wildman–Crippen LogP) is 3.41. The molecule has 1 fully saturated rings. The number of alkyl carbamates (subject to hydrolysis) is 1. The zero-order valence-corrected chi connectivity index (χ0v) is 23.2. The number of carbonyl (C=O) groups is 4. The molecule has 1 saturated carbocycles. The monoisotopic (exact) mass is 526 g/mol. The van der Waals surface area contributed by atoms with Gasteiger partial charge in [-0.1, -0.05) is 44.7 Å². The van der Waals surface area contributed by atoms with Crippen LogP contribution in [0.15, 0.2) is 24.3 Å². The van der Waals surface area contributed by atoms with Crippen LogP contribution in [0.25, 0.3) is 0 Å². The molecule has 0 aliphatic heterocycles. The van der Waals surface area contributed by atoms with Crippen molar-refractivity contribution in [3.63, 3.8) is 0 Å². The lowest BCUT2D eigenvalue weighted by atomic mass is 9.99. The zero-order valence-electron chi connectivity index (χ0n) is 23.2. The molecule has 0 saturated heterocycles. The smallest absolute Gasteiger partial charge is 0.408 e. The van der Waals surface area contributed by atoms with Crippen molar-refractivity contribution < 1.29 is 23.9 Å². The molecule has 0 heterocycles. The fourth-order valence-electron chi connectivity index (χ4n) is 4.23. The number of benzene rings is 1. The van der Waals surface area contributed by atoms with Crippen LogP contribution in [-0.4, -0.2) is 52.9 Å². The van der Waals surface area contributed by atoms with Crippen molar-refractivity contribution in [1.82, 2.24) is 15.5 Å². The molecule has 2 rings (SSSR count). The summed E-state index contributed by atoms with van der Waals surface area (Å²) in [6.07, 6.45) is 8.10. The Labute approximate surface area is 226 Å². The lowest BCUT2D eigenvalue weighted by molar-refractivity contribution is -0.143. The second-order valence-electron chi connectivity index (χ2n) is 10.9. The first-order chi connectivity index (χ1) is 17.9. The average molecular weight is 527 g/mol. The van der Waals surface area contributed by atoms with Gasteiger partial charge in [-0.05, 0) is 63.6 Å². The fraction of sp³-hybridized carbons (Fsp3) is 0.586. The Hall–Kier alpha value is -3.54. The van der Waals surface area contributed by atoms with Gasteiger partial charge < -0.3 is 26.0 Å². The van der Waals surface area contributed by atoms with Crippen LogP contribution in [-0.2, 0) is 19.1 Å². The molecule has 0 bridgehead atoms. The summed E-state index contributed by atoms with van der Waals surface area (Å²) in [6.45, 7) is 9.70. The van der Waals surface area contributed by atoms with Gasteiger partial charge >= 0.3 is 6.09 Å². The highest BCUT2D eigenvalue weighted by molar-refractivity contribution is 5.93. The number of unbranched alkanes of at least 4 members (excludes halogenated alkanes) is 2. The van der Waals surface area contributed by atoms with Crippen LogP contribution >= 0.6 is 0 Å². The molecule has 0 spiro atoms. The van der Waals surface area contributed by atoms with Crippen molar-refractivity contribution >= 4 is 23.8 Å². The Kier molecular flexibility index (Phi) is 11.2. The third-order valence-electron chi connectivity index (χ3n) is 6.35. The summed E-state index contributed by atoms with van der Waals surface area (Å²) < 4.78 is 5.36. The molecule has 38 heavy (non-hydrogen) atoms. The molecule has 1 aliphatic rings. The SMILES string of the molecule is C#Cc1ccc(C(C(=O)NCCCCC)N(C(=O)C(CCC(N)=O)NC(=O)OC(C)(C)C)C2CC2C)cc1. The average Bonchev–Trinajstić information content (AvgIpc) is 3.56. The summed E-state index contributed by atoms with van der Waals surface area (Å²) in [5, 5.41) is 5.59. The molecule has 1 aromatic rings. The molecule has 208 valence electrons. The number of hydrogen-bond acceptors (Lipinski definition) is 5. The second kappa shape index (κ2) is 13.8. The second-order valence-corrected chi connectivity index (χ2v) is 10.9. The molecule has 0 radical (unpaired) electrons. The van der Waals surface area contributed by atoms with Crippen molar-refractivity contribution in [1.29, 1.82) is 0 Å². The van der Waals surface area contributed by atoms with Gasteiger partial charge in [0, 0.05) is 24.6 Å². The number of hydrogen-bond donors (Lipinski definition) is 3. The highest BCUT2D eigenvalue weighted by atomic mass is 16.6. The predicted molar refractivity (Wildman–Crippen MR) is 146 cm³/mol. The van der Waals surface area contributed by atoms with E-state index >= 15 is 0 Å². The fourth-order valence-corrected chi connectivity index (χ4v) is 4.23. The molecule has 4 unspecified atom stereocenters. The van der Waals surface area contributed by atoms with E-state index in [0.29, 0.717) is 24.1 Å². The molecule has 9 nitrogen and oxygen atoms in total. The van der Waals surface area contributed by atoms with E-state index in [2.05, 4.69) is 23.5 Å². The molecular weight excluding hydrogens is 484 g/mol. The lowest BCUT2D eigenvalue weighted by Crippen LogP contribution is -2.54. The molecule has 4 N–H and O–H groups in total. The lowest BCUT2D eigenvalue weighted by Gasteiger charge is -2.35. The van der Waals surface area contributed by atoms with E-state index in [4.69, 9.17) is 16.9 Å². The van der Waals surface area contributed by atoms with E-state index in [1.807, 2.05) is 6.92 Å². The van der Waals surface area contributed by atoms with Crippen molar-refractivity contribution in [2.24, 2.45) is 11.7 Å². The minimum absolute atomic E-state index is 0.0219. The van der Waals surface area contributed by atoms with Crippen LogP contribution in [0.4, 0.5) is 4.79 Å². The van der Waals surface area contributed by atoms with E-state index in [9.17, 15) is 19.2 Å². The number of nitrogens with zero attached hydrogens (tertiary/aromatic N) is 1. The maximum atomic E-state index is 14.1. The van der Waals surface area contributed by atoms with Crippen molar-refractivity contribution in [2.75, 3.05) is 6.54 Å². The number of amides is 4. The maximum Gasteiger partial charge on any atom is 0.408 e. The van der Waals surface area contributed by atoms with Crippen molar-refractivity contribution in [3.8, 4) is 12.3 Å². The summed E-state index contributed by atoms with van der Waals surface area (Å²) in [5.41, 5.74) is 5.83. The maximum absolute atomic E-state index is 14.1. The Balaban J connectivity index is 2.45. The summed E-state index contributed by atoms with van der Waals surface area (Å²) in [7, 11) is 0. The van der Waals surface area contributed by atoms with Crippen LogP contribution in [0.1, 0.15) is 90.3 Å². The third-order valence-corrected chi connectivity index (χ3v) is 6.35. The Morgan fingerprint density at radius 1 is 1.18 bits per heavy atom. The van der Waals surface area contributed by atoms with Crippen molar-refractivity contribution in [2.45, 2.75) is 96.9 Å². The normalized spacial score (nSPS) is 17.9. The first kappa shape index (κ1) is 30.7. The highest BCUT2D eigenvalue weighted by Gasteiger charge is 2.48. The number of rotatable bonds is 13. The molecule has 0 aromatic heterocycles. The summed E-state index contributed by atoms with van der Waals surface area (Å²) in [5.74, 6) is 1.34. The van der Waals surface area contributed by atoms with Gasteiger partial charge in [-0.3, -0.25) is 14.4 Å². The number of terminal acetylenes is 1. The van der Waals surface area contributed by atoms with Crippen LogP contribution < -0.4 is 16.4 Å². The molecular formula is C29H42N4O5. The first-order valence-electron chi connectivity index (χ1n) is 13.3. The number of nitrogens with two attached hydrogens (primary N) is 1. The molecule has 9 heteroatoms. The third kappa shape index (κ3) is 9.40. The summed E-state index contributed by atoms with van der Waals surface area (Å²) >= 11 is 0. The first-order valence-corrected chi connectivity index (χ1v) is 13.3. The highest BCUT2D eigenvalue weighted by Crippen LogP contribution is 2.41. The Morgan fingerprint density at radius 2 is 1.82 bits per heavy atom. The van der Waals surface area contributed by atoms with E-state index in [-0.39, 0.29) is 30.7 Å². The van der Waals surface area contributed by atoms with Crippen LogP contribution in [0.5, 0.6) is 0 Å². The zero-order chi connectivity index (χ0) is 28.5. The minimum atomic E-state index is -1.11. The van der Waals surface area contributed by atoms with Gasteiger partial charge in [0.25, 0.3) is 0 Å². The molecule has 1 aromatic carbocycles. The van der Waals surface area contributed by atoms with Crippen LogP contribution in [0, 0.1) is 18.3 Å².